The Labute approximate surface area is 104 Å². The van der Waals surface area contributed by atoms with Gasteiger partial charge in [-0.15, -0.1) is 0 Å². The monoisotopic (exact) mass is 247 g/mol. The van der Waals surface area contributed by atoms with E-state index in [0.29, 0.717) is 11.4 Å². The van der Waals surface area contributed by atoms with Crippen LogP contribution in [0.5, 0.6) is 5.75 Å². The standard InChI is InChI=1S/C14H14FNO2/c15-11-7-10-3-4-12(9-17)18-14(10)13(8-11)16-5-1-2-6-16/h1-2,5-8,12,17H,3-4,9H2. The lowest BCUT2D eigenvalue weighted by molar-refractivity contribution is 0.0975. The van der Waals surface area contributed by atoms with Crippen molar-refractivity contribution < 1.29 is 14.2 Å². The molecule has 0 saturated carbocycles. The van der Waals surface area contributed by atoms with E-state index >= 15 is 0 Å². The highest BCUT2D eigenvalue weighted by atomic mass is 19.1. The van der Waals surface area contributed by atoms with Gasteiger partial charge in [-0.05, 0) is 36.6 Å². The van der Waals surface area contributed by atoms with Gasteiger partial charge in [0.05, 0.1) is 12.3 Å². The Morgan fingerprint density at radius 3 is 2.83 bits per heavy atom. The molecule has 3 rings (SSSR count). The first-order valence-electron chi connectivity index (χ1n) is 6.01. The molecule has 0 aliphatic carbocycles. The number of ether oxygens (including phenoxy) is 1. The van der Waals surface area contributed by atoms with Crippen molar-refractivity contribution >= 4 is 0 Å². The molecule has 1 aromatic carbocycles. The van der Waals surface area contributed by atoms with E-state index in [2.05, 4.69) is 0 Å². The third-order valence-corrected chi connectivity index (χ3v) is 3.22. The average Bonchev–Trinajstić information content (AvgIpc) is 2.91. The zero-order valence-corrected chi connectivity index (χ0v) is 9.84. The minimum absolute atomic E-state index is 0.0120. The third-order valence-electron chi connectivity index (χ3n) is 3.22. The van der Waals surface area contributed by atoms with Crippen molar-refractivity contribution in [3.63, 3.8) is 0 Å². The van der Waals surface area contributed by atoms with Crippen molar-refractivity contribution in [2.75, 3.05) is 6.61 Å². The van der Waals surface area contributed by atoms with Gasteiger partial charge >= 0.3 is 0 Å². The second-order valence-electron chi connectivity index (χ2n) is 4.46. The third kappa shape index (κ3) is 1.88. The fourth-order valence-corrected chi connectivity index (χ4v) is 2.31. The highest BCUT2D eigenvalue weighted by Crippen LogP contribution is 2.34. The molecule has 0 saturated heterocycles. The number of fused-ring (bicyclic) bond motifs is 1. The van der Waals surface area contributed by atoms with Crippen LogP contribution in [0.4, 0.5) is 4.39 Å². The summed E-state index contributed by atoms with van der Waals surface area (Å²) in [6.07, 6.45) is 4.95. The molecule has 1 aliphatic heterocycles. The fraction of sp³-hybridized carbons (Fsp3) is 0.286. The van der Waals surface area contributed by atoms with E-state index in [1.807, 2.05) is 29.1 Å². The lowest BCUT2D eigenvalue weighted by Gasteiger charge is -2.27. The fourth-order valence-electron chi connectivity index (χ4n) is 2.31. The Balaban J connectivity index is 2.11. The van der Waals surface area contributed by atoms with E-state index in [1.54, 1.807) is 0 Å². The molecule has 0 radical (unpaired) electrons. The van der Waals surface area contributed by atoms with E-state index in [9.17, 15) is 9.50 Å². The van der Waals surface area contributed by atoms with Crippen molar-refractivity contribution in [3.05, 3.63) is 48.0 Å². The first-order valence-corrected chi connectivity index (χ1v) is 6.01. The molecule has 0 spiro atoms. The van der Waals surface area contributed by atoms with Gasteiger partial charge in [0.1, 0.15) is 17.7 Å². The Bertz CT molecular complexity index is 551. The SMILES string of the molecule is OCC1CCc2cc(F)cc(-n3cccc3)c2O1. The average molecular weight is 247 g/mol. The quantitative estimate of drug-likeness (QED) is 0.883. The first-order chi connectivity index (χ1) is 8.78. The van der Waals surface area contributed by atoms with Crippen LogP contribution >= 0.6 is 0 Å². The number of nitrogens with zero attached hydrogens (tertiary/aromatic N) is 1. The molecule has 1 aromatic heterocycles. The zero-order chi connectivity index (χ0) is 12.5. The van der Waals surface area contributed by atoms with Crippen LogP contribution < -0.4 is 4.74 Å². The molecule has 2 aromatic rings. The predicted molar refractivity (Wildman–Crippen MR) is 65.5 cm³/mol. The molecule has 1 unspecified atom stereocenters. The van der Waals surface area contributed by atoms with Crippen LogP contribution in [0.25, 0.3) is 5.69 Å². The molecule has 18 heavy (non-hydrogen) atoms. The minimum atomic E-state index is -0.261. The Morgan fingerprint density at radius 1 is 1.33 bits per heavy atom. The number of aliphatic hydroxyl groups excluding tert-OH is 1. The van der Waals surface area contributed by atoms with Crippen molar-refractivity contribution in [2.24, 2.45) is 0 Å². The summed E-state index contributed by atoms with van der Waals surface area (Å²) in [6, 6.07) is 6.72. The molecular formula is C14H14FNO2. The zero-order valence-electron chi connectivity index (χ0n) is 9.84. The van der Waals surface area contributed by atoms with Crippen LogP contribution in [0.2, 0.25) is 0 Å². The minimum Gasteiger partial charge on any atom is -0.486 e. The highest BCUT2D eigenvalue weighted by molar-refractivity contribution is 5.53. The summed E-state index contributed by atoms with van der Waals surface area (Å²) in [5.41, 5.74) is 1.55. The number of rotatable bonds is 2. The predicted octanol–water partition coefficient (Wildman–Crippen LogP) is 2.30. The lowest BCUT2D eigenvalue weighted by Crippen LogP contribution is -2.27. The van der Waals surface area contributed by atoms with Crippen LogP contribution in [-0.4, -0.2) is 22.4 Å². The van der Waals surface area contributed by atoms with Gasteiger partial charge in [-0.1, -0.05) is 0 Å². The van der Waals surface area contributed by atoms with Gasteiger partial charge in [-0.2, -0.15) is 0 Å². The number of benzene rings is 1. The van der Waals surface area contributed by atoms with E-state index in [0.717, 1.165) is 18.4 Å². The maximum atomic E-state index is 13.6. The van der Waals surface area contributed by atoms with Crippen LogP contribution in [0.15, 0.2) is 36.7 Å². The smallest absolute Gasteiger partial charge is 0.147 e. The van der Waals surface area contributed by atoms with E-state index in [-0.39, 0.29) is 18.5 Å². The number of aromatic nitrogens is 1. The molecule has 94 valence electrons. The summed E-state index contributed by atoms with van der Waals surface area (Å²) < 4.78 is 21.2. The Morgan fingerprint density at radius 2 is 2.11 bits per heavy atom. The second kappa shape index (κ2) is 4.46. The maximum absolute atomic E-state index is 13.6. The number of aryl methyl sites for hydroxylation is 1. The summed E-state index contributed by atoms with van der Waals surface area (Å²) in [7, 11) is 0. The number of halogens is 1. The van der Waals surface area contributed by atoms with Crippen molar-refractivity contribution in [3.8, 4) is 11.4 Å². The highest BCUT2D eigenvalue weighted by Gasteiger charge is 2.23. The summed E-state index contributed by atoms with van der Waals surface area (Å²) in [4.78, 5) is 0. The number of hydrogen-bond acceptors (Lipinski definition) is 2. The molecule has 1 aliphatic rings. The van der Waals surface area contributed by atoms with Crippen LogP contribution in [0.3, 0.4) is 0 Å². The van der Waals surface area contributed by atoms with Gasteiger partial charge in [0, 0.05) is 18.5 Å². The van der Waals surface area contributed by atoms with Crippen molar-refractivity contribution in [2.45, 2.75) is 18.9 Å². The Kier molecular flexibility index (Phi) is 2.80. The van der Waals surface area contributed by atoms with Crippen LogP contribution in [0, 0.1) is 5.82 Å². The van der Waals surface area contributed by atoms with E-state index in [4.69, 9.17) is 4.74 Å². The molecular weight excluding hydrogens is 233 g/mol. The van der Waals surface area contributed by atoms with Gasteiger partial charge in [-0.3, -0.25) is 0 Å². The molecule has 1 N–H and O–H groups in total. The topological polar surface area (TPSA) is 34.4 Å². The number of aliphatic hydroxyl groups is 1. The molecule has 0 fully saturated rings. The van der Waals surface area contributed by atoms with Gasteiger partial charge < -0.3 is 14.4 Å². The largest absolute Gasteiger partial charge is 0.486 e. The first kappa shape index (κ1) is 11.3. The van der Waals surface area contributed by atoms with Gasteiger partial charge in [0.25, 0.3) is 0 Å². The molecule has 2 heterocycles. The summed E-state index contributed by atoms with van der Waals surface area (Å²) in [5.74, 6) is 0.418. The molecule has 3 nitrogen and oxygen atoms in total. The summed E-state index contributed by atoms with van der Waals surface area (Å²) in [6.45, 7) is -0.0120. The lowest BCUT2D eigenvalue weighted by atomic mass is 10.0. The van der Waals surface area contributed by atoms with Gasteiger partial charge in [0.2, 0.25) is 0 Å². The summed E-state index contributed by atoms with van der Waals surface area (Å²) >= 11 is 0. The molecule has 0 bridgehead atoms. The van der Waals surface area contributed by atoms with E-state index in [1.165, 1.54) is 12.1 Å². The van der Waals surface area contributed by atoms with Crippen molar-refractivity contribution in [1.29, 1.82) is 0 Å². The van der Waals surface area contributed by atoms with E-state index < -0.39 is 0 Å². The van der Waals surface area contributed by atoms with Crippen LogP contribution in [-0.2, 0) is 6.42 Å². The molecule has 1 atom stereocenters. The number of hydrogen-bond donors (Lipinski definition) is 1. The molecule has 0 amide bonds. The second-order valence-corrected chi connectivity index (χ2v) is 4.46. The van der Waals surface area contributed by atoms with Crippen LogP contribution in [0.1, 0.15) is 12.0 Å². The van der Waals surface area contributed by atoms with Crippen molar-refractivity contribution in [1.82, 2.24) is 4.57 Å². The molecule has 4 heteroatoms. The Hall–Kier alpha value is -1.81. The summed E-state index contributed by atoms with van der Waals surface area (Å²) in [5, 5.41) is 9.19. The normalized spacial score (nSPS) is 18.2. The van der Waals surface area contributed by atoms with Gasteiger partial charge in [0.15, 0.2) is 0 Å². The maximum Gasteiger partial charge on any atom is 0.147 e. The van der Waals surface area contributed by atoms with Gasteiger partial charge in [-0.25, -0.2) is 4.39 Å².